The van der Waals surface area contributed by atoms with Gasteiger partial charge in [-0.3, -0.25) is 9.80 Å². The van der Waals surface area contributed by atoms with E-state index in [9.17, 15) is 0 Å². The van der Waals surface area contributed by atoms with Gasteiger partial charge in [-0.15, -0.1) is 0 Å². The zero-order valence-corrected chi connectivity index (χ0v) is 35.9. The lowest BCUT2D eigenvalue weighted by Gasteiger charge is -2.59. The van der Waals surface area contributed by atoms with Crippen LogP contribution in [0.15, 0.2) is 24.3 Å². The Labute approximate surface area is 335 Å². The Morgan fingerprint density at radius 2 is 0.556 bits per heavy atom. The Morgan fingerprint density at radius 1 is 0.278 bits per heavy atom. The van der Waals surface area contributed by atoms with Gasteiger partial charge in [0.2, 0.25) is 0 Å². The Hall–Kier alpha value is -0.600. The van der Waals surface area contributed by atoms with Crippen LogP contribution < -0.4 is 0 Å². The number of nitrogens with zero attached hydrogens (tertiary/aromatic N) is 2. The summed E-state index contributed by atoms with van der Waals surface area (Å²) >= 11 is 0. The van der Waals surface area contributed by atoms with E-state index < -0.39 is 0 Å². The van der Waals surface area contributed by atoms with E-state index in [0.717, 1.165) is 83.6 Å². The van der Waals surface area contributed by atoms with Gasteiger partial charge < -0.3 is 0 Å². The van der Waals surface area contributed by atoms with Gasteiger partial charge >= 0.3 is 0 Å². The molecule has 0 saturated heterocycles. The van der Waals surface area contributed by atoms with Crippen molar-refractivity contribution in [1.29, 1.82) is 0 Å². The average Bonchev–Trinajstić information content (AvgIpc) is 3.23. The Kier molecular flexibility index (Phi) is 14.8. The largest absolute Gasteiger partial charge is 0.294 e. The zero-order chi connectivity index (χ0) is 36.7. The van der Waals surface area contributed by atoms with Crippen LogP contribution in [-0.2, 0) is 0 Å². The topological polar surface area (TPSA) is 6.48 Å². The van der Waals surface area contributed by atoms with Crippen LogP contribution in [0.25, 0.3) is 0 Å². The van der Waals surface area contributed by atoms with Gasteiger partial charge in [-0.2, -0.15) is 0 Å². The summed E-state index contributed by atoms with van der Waals surface area (Å²) in [4.78, 5) is 6.73. The maximum absolute atomic E-state index is 3.36. The van der Waals surface area contributed by atoms with Gasteiger partial charge in [0.15, 0.2) is 0 Å². The molecule has 0 bridgehead atoms. The summed E-state index contributed by atoms with van der Waals surface area (Å²) in [7, 11) is 0. The van der Waals surface area contributed by atoms with Crippen molar-refractivity contribution in [3.63, 3.8) is 0 Å². The van der Waals surface area contributed by atoms with Crippen molar-refractivity contribution in [3.8, 4) is 0 Å². The van der Waals surface area contributed by atoms with Gasteiger partial charge in [0.1, 0.15) is 0 Å². The highest BCUT2D eigenvalue weighted by Crippen LogP contribution is 2.50. The first kappa shape index (κ1) is 40.2. The van der Waals surface area contributed by atoms with E-state index in [4.69, 9.17) is 0 Å². The standard InChI is InChI=1S/C52H88N2/c1-39-17-29-45(30-18-39)53(47-33-25-43(26-34-47)23-21-41-11-5-3-6-12-41)51-37-38-52(50-16-10-9-15-49(50)51)54(46-31-19-40(2)20-32-46)48-35-27-44(28-36-48)24-22-42-13-7-4-8-14-42/h21-24,39-52H,3-20,25-38H2,1-2H3/b23-21+,24-22+. The van der Waals surface area contributed by atoms with Crippen LogP contribution in [0.4, 0.5) is 0 Å². The van der Waals surface area contributed by atoms with Crippen molar-refractivity contribution in [2.45, 2.75) is 256 Å². The molecule has 54 heavy (non-hydrogen) atoms. The van der Waals surface area contributed by atoms with Crippen molar-refractivity contribution in [2.75, 3.05) is 0 Å². The normalized spacial score (nSPS) is 42.5. The van der Waals surface area contributed by atoms with E-state index in [1.165, 1.54) is 193 Å². The van der Waals surface area contributed by atoms with E-state index in [0.29, 0.717) is 0 Å². The Bertz CT molecular complexity index is 1040. The smallest absolute Gasteiger partial charge is 0.0133 e. The van der Waals surface area contributed by atoms with Crippen LogP contribution in [0.2, 0.25) is 0 Å². The summed E-state index contributed by atoms with van der Waals surface area (Å²) in [6.45, 7) is 5.10. The lowest BCUT2D eigenvalue weighted by Crippen LogP contribution is -2.62. The fraction of sp³-hybridized carbons (Fsp3) is 0.923. The lowest BCUT2D eigenvalue weighted by molar-refractivity contribution is -0.0882. The van der Waals surface area contributed by atoms with Crippen LogP contribution in [0.3, 0.4) is 0 Å². The maximum Gasteiger partial charge on any atom is 0.0133 e. The second-order valence-electron chi connectivity index (χ2n) is 21.7. The fourth-order valence-electron chi connectivity index (χ4n) is 14.9. The van der Waals surface area contributed by atoms with Crippen LogP contribution in [0.1, 0.15) is 219 Å². The Balaban J connectivity index is 0.970. The van der Waals surface area contributed by atoms with Crippen molar-refractivity contribution in [2.24, 2.45) is 47.3 Å². The highest BCUT2D eigenvalue weighted by molar-refractivity contribution is 5.06. The highest BCUT2D eigenvalue weighted by Gasteiger charge is 2.50. The molecule has 8 fully saturated rings. The molecule has 2 heteroatoms. The number of hydrogen-bond acceptors (Lipinski definition) is 2. The molecular formula is C52H88N2. The number of hydrogen-bond donors (Lipinski definition) is 0. The molecule has 0 aromatic rings. The minimum atomic E-state index is 0.860. The molecule has 0 aromatic heterocycles. The zero-order valence-electron chi connectivity index (χ0n) is 35.9. The van der Waals surface area contributed by atoms with Gasteiger partial charge in [-0.05, 0) is 201 Å². The first-order valence-corrected chi connectivity index (χ1v) is 25.5. The van der Waals surface area contributed by atoms with Gasteiger partial charge in [0, 0.05) is 36.3 Å². The predicted octanol–water partition coefficient (Wildman–Crippen LogP) is 14.5. The third-order valence-electron chi connectivity index (χ3n) is 18.1. The van der Waals surface area contributed by atoms with Crippen LogP contribution in [-0.4, -0.2) is 46.1 Å². The van der Waals surface area contributed by atoms with E-state index in [-0.39, 0.29) is 0 Å². The minimum absolute atomic E-state index is 0.860. The molecule has 8 aliphatic carbocycles. The molecule has 8 saturated carbocycles. The van der Waals surface area contributed by atoms with E-state index in [2.05, 4.69) is 48.0 Å². The fourth-order valence-corrected chi connectivity index (χ4v) is 14.9. The van der Waals surface area contributed by atoms with Crippen molar-refractivity contribution in [3.05, 3.63) is 24.3 Å². The lowest BCUT2D eigenvalue weighted by atomic mass is 9.63. The van der Waals surface area contributed by atoms with E-state index >= 15 is 0 Å². The molecule has 0 spiro atoms. The minimum Gasteiger partial charge on any atom is -0.294 e. The molecule has 8 aliphatic rings. The van der Waals surface area contributed by atoms with Gasteiger partial charge in [0.25, 0.3) is 0 Å². The summed E-state index contributed by atoms with van der Waals surface area (Å²) in [5, 5.41) is 0. The molecule has 0 aromatic carbocycles. The summed E-state index contributed by atoms with van der Waals surface area (Å²) in [6.07, 6.45) is 58.3. The summed E-state index contributed by atoms with van der Waals surface area (Å²) in [5.41, 5.74) is 0. The molecular weight excluding hydrogens is 653 g/mol. The summed E-state index contributed by atoms with van der Waals surface area (Å²) in [6, 6.07) is 5.21. The number of fused-ring (bicyclic) bond motifs is 1. The van der Waals surface area contributed by atoms with Crippen molar-refractivity contribution < 1.29 is 0 Å². The average molecular weight is 741 g/mol. The SMILES string of the molecule is CC1CCC(N(C2CCC(/C=C/C3CCCCC3)CC2)C2CCC(N(C3CCC(C)CC3)C3CCC(/C=C/C4CCCCC4)CC3)C3CCCCC32)CC1. The monoisotopic (exact) mass is 741 g/mol. The number of allylic oxidation sites excluding steroid dienone is 4. The van der Waals surface area contributed by atoms with Gasteiger partial charge in [-0.25, -0.2) is 0 Å². The highest BCUT2D eigenvalue weighted by atomic mass is 15.3. The molecule has 4 unspecified atom stereocenters. The van der Waals surface area contributed by atoms with E-state index in [1.807, 2.05) is 0 Å². The van der Waals surface area contributed by atoms with Gasteiger partial charge in [0.05, 0.1) is 0 Å². The third-order valence-corrected chi connectivity index (χ3v) is 18.1. The van der Waals surface area contributed by atoms with Crippen LogP contribution >= 0.6 is 0 Å². The molecule has 0 radical (unpaired) electrons. The molecule has 8 rings (SSSR count). The second-order valence-corrected chi connectivity index (χ2v) is 21.7. The molecule has 306 valence electrons. The van der Waals surface area contributed by atoms with Crippen molar-refractivity contribution >= 4 is 0 Å². The summed E-state index contributed by atoms with van der Waals surface area (Å²) in [5.74, 6) is 7.33. The molecule has 0 amide bonds. The molecule has 0 N–H and O–H groups in total. The maximum atomic E-state index is 3.36. The quantitative estimate of drug-likeness (QED) is 0.206. The molecule has 4 atom stereocenters. The molecule has 2 nitrogen and oxygen atoms in total. The predicted molar refractivity (Wildman–Crippen MR) is 232 cm³/mol. The molecule has 0 heterocycles. The van der Waals surface area contributed by atoms with Crippen LogP contribution in [0, 0.1) is 47.3 Å². The first-order chi connectivity index (χ1) is 26.6. The number of rotatable bonds is 10. The van der Waals surface area contributed by atoms with Crippen molar-refractivity contribution in [1.82, 2.24) is 9.80 Å². The van der Waals surface area contributed by atoms with Gasteiger partial charge in [-0.1, -0.05) is 89.5 Å². The molecule has 0 aliphatic heterocycles. The van der Waals surface area contributed by atoms with E-state index in [1.54, 1.807) is 12.8 Å². The second kappa shape index (κ2) is 19.9. The van der Waals surface area contributed by atoms with Crippen LogP contribution in [0.5, 0.6) is 0 Å². The summed E-state index contributed by atoms with van der Waals surface area (Å²) < 4.78 is 0. The third kappa shape index (κ3) is 10.2. The Morgan fingerprint density at radius 3 is 0.889 bits per heavy atom. The first-order valence-electron chi connectivity index (χ1n) is 25.5.